The summed E-state index contributed by atoms with van der Waals surface area (Å²) in [7, 11) is -1.53. The van der Waals surface area contributed by atoms with E-state index in [0.29, 0.717) is 11.6 Å². The van der Waals surface area contributed by atoms with Gasteiger partial charge in [-0.1, -0.05) is 52.2 Å². The van der Waals surface area contributed by atoms with Gasteiger partial charge in [0.15, 0.2) is 8.32 Å². The molecule has 120 valence electrons. The second kappa shape index (κ2) is 9.75. The van der Waals surface area contributed by atoms with Crippen molar-refractivity contribution in [2.75, 3.05) is 19.8 Å². The molecular weight excluding hydrogens is 264 g/mol. The summed E-state index contributed by atoms with van der Waals surface area (Å²) < 4.78 is 11.7. The van der Waals surface area contributed by atoms with Crippen LogP contribution in [-0.2, 0) is 9.16 Å². The van der Waals surface area contributed by atoms with Crippen LogP contribution in [0.1, 0.15) is 59.8 Å². The molecular formula is C17H36O2Si. The maximum Gasteiger partial charge on any atom is 0.191 e. The smallest absolute Gasteiger partial charge is 0.191 e. The molecule has 0 N–H and O–H groups in total. The number of hydrogen-bond donors (Lipinski definition) is 0. The van der Waals surface area contributed by atoms with E-state index >= 15 is 0 Å². The van der Waals surface area contributed by atoms with Crippen LogP contribution in [-0.4, -0.2) is 28.1 Å². The highest BCUT2D eigenvalue weighted by Gasteiger charge is 2.36. The van der Waals surface area contributed by atoms with E-state index in [1.54, 1.807) is 0 Å². The molecule has 0 fully saturated rings. The molecule has 0 saturated heterocycles. The molecule has 0 aromatic heterocycles. The number of rotatable bonds is 11. The van der Waals surface area contributed by atoms with Crippen molar-refractivity contribution >= 4 is 8.32 Å². The van der Waals surface area contributed by atoms with Crippen molar-refractivity contribution in [2.45, 2.75) is 77.9 Å². The van der Waals surface area contributed by atoms with Crippen molar-refractivity contribution in [1.82, 2.24) is 0 Å². The maximum absolute atomic E-state index is 6.17. The van der Waals surface area contributed by atoms with Gasteiger partial charge < -0.3 is 9.16 Å². The van der Waals surface area contributed by atoms with Gasteiger partial charge in [-0.2, -0.15) is 0 Å². The van der Waals surface area contributed by atoms with Crippen molar-refractivity contribution in [3.05, 3.63) is 12.2 Å². The highest BCUT2D eigenvalue weighted by molar-refractivity contribution is 6.74. The second-order valence-corrected chi connectivity index (χ2v) is 12.2. The van der Waals surface area contributed by atoms with Gasteiger partial charge in [-0.25, -0.2) is 0 Å². The van der Waals surface area contributed by atoms with E-state index in [1.807, 2.05) is 6.92 Å². The van der Waals surface area contributed by atoms with Gasteiger partial charge in [0, 0.05) is 13.2 Å². The molecule has 0 aliphatic heterocycles. The molecule has 0 aliphatic carbocycles. The molecule has 0 unspecified atom stereocenters. The summed E-state index contributed by atoms with van der Waals surface area (Å²) in [4.78, 5) is 0. The molecule has 0 amide bonds. The van der Waals surface area contributed by atoms with Gasteiger partial charge in [0.25, 0.3) is 0 Å². The lowest BCUT2D eigenvalue weighted by atomic mass is 10.1. The topological polar surface area (TPSA) is 18.5 Å². The van der Waals surface area contributed by atoms with Gasteiger partial charge >= 0.3 is 0 Å². The van der Waals surface area contributed by atoms with E-state index in [2.05, 4.69) is 40.4 Å². The summed E-state index contributed by atoms with van der Waals surface area (Å²) in [5.74, 6) is 0. The molecule has 0 bridgehead atoms. The Morgan fingerprint density at radius 1 is 0.950 bits per heavy atom. The Hall–Kier alpha value is -0.123. The average Bonchev–Trinajstić information content (AvgIpc) is 2.29. The average molecular weight is 301 g/mol. The van der Waals surface area contributed by atoms with Crippen molar-refractivity contribution < 1.29 is 9.16 Å². The fraction of sp³-hybridized carbons (Fsp3) is 0.882. The highest BCUT2D eigenvalue weighted by atomic mass is 28.4. The Labute approximate surface area is 128 Å². The summed E-state index contributed by atoms with van der Waals surface area (Å²) in [6.45, 7) is 19.9. The predicted molar refractivity (Wildman–Crippen MR) is 91.9 cm³/mol. The maximum atomic E-state index is 6.17. The third-order valence-corrected chi connectivity index (χ3v) is 8.59. The molecule has 0 aromatic carbocycles. The summed E-state index contributed by atoms with van der Waals surface area (Å²) in [5, 5.41) is 0.327. The largest absolute Gasteiger partial charge is 0.417 e. The second-order valence-electron chi connectivity index (χ2n) is 7.39. The molecule has 0 radical (unpaired) electrons. The highest BCUT2D eigenvalue weighted by Crippen LogP contribution is 2.36. The minimum absolute atomic E-state index is 0.327. The standard InChI is InChI=1S/C17H36O2Si/c1-16(2)15-18-13-11-9-8-10-12-14-19-20(6,7)17(3,4)5/h1,8-15H2,2-7H3. The van der Waals surface area contributed by atoms with E-state index in [-0.39, 0.29) is 0 Å². The molecule has 0 atom stereocenters. The Bertz CT molecular complexity index is 267. The van der Waals surface area contributed by atoms with Crippen LogP contribution in [0.4, 0.5) is 0 Å². The van der Waals surface area contributed by atoms with E-state index in [4.69, 9.17) is 9.16 Å². The fourth-order valence-corrected chi connectivity index (χ4v) is 2.71. The zero-order chi connectivity index (χ0) is 15.6. The van der Waals surface area contributed by atoms with Gasteiger partial charge in [0.1, 0.15) is 0 Å². The predicted octanol–water partition coefficient (Wildman–Crippen LogP) is 5.55. The van der Waals surface area contributed by atoms with E-state index in [9.17, 15) is 0 Å². The molecule has 0 aromatic rings. The van der Waals surface area contributed by atoms with Crippen molar-refractivity contribution in [3.63, 3.8) is 0 Å². The van der Waals surface area contributed by atoms with Gasteiger partial charge in [-0.05, 0) is 37.9 Å². The quantitative estimate of drug-likeness (QED) is 0.283. The van der Waals surface area contributed by atoms with Crippen LogP contribution in [0.5, 0.6) is 0 Å². The minimum atomic E-state index is -1.53. The van der Waals surface area contributed by atoms with E-state index < -0.39 is 8.32 Å². The van der Waals surface area contributed by atoms with Crippen LogP contribution in [0.15, 0.2) is 12.2 Å². The van der Waals surface area contributed by atoms with Gasteiger partial charge in [-0.3, -0.25) is 0 Å². The Morgan fingerprint density at radius 2 is 1.45 bits per heavy atom. The van der Waals surface area contributed by atoms with Gasteiger partial charge in [0.2, 0.25) is 0 Å². The number of hydrogen-bond acceptors (Lipinski definition) is 2. The van der Waals surface area contributed by atoms with Crippen molar-refractivity contribution in [1.29, 1.82) is 0 Å². The molecule has 2 nitrogen and oxygen atoms in total. The molecule has 0 aliphatic rings. The molecule has 0 spiro atoms. The first-order valence-corrected chi connectivity index (χ1v) is 10.9. The number of unbranched alkanes of at least 4 members (excludes halogenated alkanes) is 4. The monoisotopic (exact) mass is 300 g/mol. The zero-order valence-corrected chi connectivity index (χ0v) is 15.7. The van der Waals surface area contributed by atoms with Crippen LogP contribution >= 0.6 is 0 Å². The van der Waals surface area contributed by atoms with Gasteiger partial charge in [0.05, 0.1) is 6.61 Å². The molecule has 0 rings (SSSR count). The van der Waals surface area contributed by atoms with Crippen LogP contribution in [0.2, 0.25) is 18.1 Å². The lowest BCUT2D eigenvalue weighted by molar-refractivity contribution is 0.151. The zero-order valence-electron chi connectivity index (χ0n) is 14.7. The fourth-order valence-electron chi connectivity index (χ4n) is 1.63. The van der Waals surface area contributed by atoms with E-state index in [1.165, 1.54) is 25.7 Å². The minimum Gasteiger partial charge on any atom is -0.417 e. The molecule has 0 saturated carbocycles. The van der Waals surface area contributed by atoms with Gasteiger partial charge in [-0.15, -0.1) is 0 Å². The number of ether oxygens (including phenoxy) is 1. The lowest BCUT2D eigenvalue weighted by Gasteiger charge is -2.36. The van der Waals surface area contributed by atoms with Crippen molar-refractivity contribution in [3.8, 4) is 0 Å². The normalized spacial score (nSPS) is 12.7. The Balaban J connectivity index is 3.39. The van der Waals surface area contributed by atoms with Crippen LogP contribution < -0.4 is 0 Å². The Kier molecular flexibility index (Phi) is 9.69. The summed E-state index contributed by atoms with van der Waals surface area (Å²) in [6, 6.07) is 0. The lowest BCUT2D eigenvalue weighted by Crippen LogP contribution is -2.40. The first kappa shape index (κ1) is 19.9. The molecule has 3 heteroatoms. The summed E-state index contributed by atoms with van der Waals surface area (Å²) in [5.41, 5.74) is 1.10. The van der Waals surface area contributed by atoms with Crippen LogP contribution in [0.25, 0.3) is 0 Å². The van der Waals surface area contributed by atoms with Crippen molar-refractivity contribution in [2.24, 2.45) is 0 Å². The van der Waals surface area contributed by atoms with Crippen LogP contribution in [0, 0.1) is 0 Å². The first-order valence-electron chi connectivity index (χ1n) is 8.03. The third-order valence-electron chi connectivity index (χ3n) is 4.05. The third kappa shape index (κ3) is 9.73. The summed E-state index contributed by atoms with van der Waals surface area (Å²) in [6.07, 6.45) is 6.18. The Morgan fingerprint density at radius 3 is 1.95 bits per heavy atom. The molecule has 0 heterocycles. The van der Waals surface area contributed by atoms with E-state index in [0.717, 1.165) is 25.2 Å². The molecule has 20 heavy (non-hydrogen) atoms. The SMILES string of the molecule is C=C(C)COCCCCCCCO[Si](C)(C)C(C)(C)C. The van der Waals surface area contributed by atoms with Crippen LogP contribution in [0.3, 0.4) is 0 Å². The first-order chi connectivity index (χ1) is 9.17. The summed E-state index contributed by atoms with van der Waals surface area (Å²) >= 11 is 0.